The highest BCUT2D eigenvalue weighted by atomic mass is 32.2. The first-order valence-corrected chi connectivity index (χ1v) is 11.6. The van der Waals surface area contributed by atoms with Crippen molar-refractivity contribution in [2.24, 2.45) is 0 Å². The first-order chi connectivity index (χ1) is 14.4. The number of nitrogens with zero attached hydrogens (tertiary/aromatic N) is 2. The van der Waals surface area contributed by atoms with Crippen LogP contribution >= 0.6 is 0 Å². The third-order valence-electron chi connectivity index (χ3n) is 5.23. The standard InChI is InChI=1S/C23H25N3O3S/c1-17-15-26(16-24-17)22-11-10-18(14-23(22)29-2)12-13-30(27,28)25-21-9-5-7-19-6-3-4-8-20(19)21/h3-4,6,8-11,14-16,25H,5,7,12-13H2,1-2H3. The predicted octanol–water partition coefficient (Wildman–Crippen LogP) is 3.64. The zero-order valence-electron chi connectivity index (χ0n) is 17.1. The van der Waals surface area contributed by atoms with Crippen molar-refractivity contribution in [1.29, 1.82) is 0 Å². The number of rotatable bonds is 7. The van der Waals surface area contributed by atoms with Gasteiger partial charge in [-0.1, -0.05) is 36.4 Å². The van der Waals surface area contributed by atoms with E-state index < -0.39 is 10.0 Å². The maximum atomic E-state index is 12.7. The minimum Gasteiger partial charge on any atom is -0.495 e. The van der Waals surface area contributed by atoms with Gasteiger partial charge >= 0.3 is 0 Å². The normalized spacial score (nSPS) is 13.5. The molecular formula is C23H25N3O3S. The molecule has 0 bridgehead atoms. The molecule has 0 saturated heterocycles. The number of nitrogens with one attached hydrogen (secondary N) is 1. The van der Waals surface area contributed by atoms with E-state index in [0.29, 0.717) is 17.9 Å². The Morgan fingerprint density at radius 3 is 2.80 bits per heavy atom. The van der Waals surface area contributed by atoms with Gasteiger partial charge in [-0.25, -0.2) is 13.4 Å². The molecule has 0 amide bonds. The molecule has 0 spiro atoms. The van der Waals surface area contributed by atoms with Gasteiger partial charge in [0, 0.05) is 11.8 Å². The summed E-state index contributed by atoms with van der Waals surface area (Å²) in [5.41, 5.74) is 5.50. The molecule has 0 aliphatic heterocycles. The molecule has 0 saturated carbocycles. The van der Waals surface area contributed by atoms with Crippen molar-refractivity contribution >= 4 is 15.7 Å². The number of aryl methyl sites for hydroxylation is 3. The Hall–Kier alpha value is -3.06. The van der Waals surface area contributed by atoms with Gasteiger partial charge in [-0.15, -0.1) is 0 Å². The van der Waals surface area contributed by atoms with Crippen LogP contribution in [0.4, 0.5) is 0 Å². The van der Waals surface area contributed by atoms with Gasteiger partial charge in [0.05, 0.1) is 36.3 Å². The number of ether oxygens (including phenoxy) is 1. The number of imidazole rings is 1. The molecule has 0 unspecified atom stereocenters. The molecule has 3 aromatic rings. The summed E-state index contributed by atoms with van der Waals surface area (Å²) in [6.45, 7) is 1.93. The van der Waals surface area contributed by atoms with E-state index in [2.05, 4.69) is 9.71 Å². The Morgan fingerprint density at radius 1 is 1.20 bits per heavy atom. The summed E-state index contributed by atoms with van der Waals surface area (Å²) in [6.07, 6.45) is 7.78. The lowest BCUT2D eigenvalue weighted by atomic mass is 9.95. The molecule has 1 aromatic heterocycles. The van der Waals surface area contributed by atoms with Crippen molar-refractivity contribution < 1.29 is 13.2 Å². The SMILES string of the molecule is COc1cc(CCS(=O)(=O)NC2=CCCc3ccccc32)ccc1-n1cnc(C)c1. The number of aromatic nitrogens is 2. The van der Waals surface area contributed by atoms with Crippen molar-refractivity contribution in [3.05, 3.63) is 83.4 Å². The molecule has 156 valence electrons. The first-order valence-electron chi connectivity index (χ1n) is 9.92. The van der Waals surface area contributed by atoms with Crippen LogP contribution in [-0.2, 0) is 22.9 Å². The van der Waals surface area contributed by atoms with Gasteiger partial charge < -0.3 is 9.30 Å². The number of fused-ring (bicyclic) bond motifs is 1. The number of hydrogen-bond donors (Lipinski definition) is 1. The molecule has 6 nitrogen and oxygen atoms in total. The number of sulfonamides is 1. The topological polar surface area (TPSA) is 73.2 Å². The largest absolute Gasteiger partial charge is 0.495 e. The van der Waals surface area contributed by atoms with Gasteiger partial charge in [-0.05, 0) is 49.4 Å². The molecule has 4 rings (SSSR count). The Balaban J connectivity index is 1.47. The second kappa shape index (κ2) is 8.36. The first kappa shape index (κ1) is 20.2. The summed E-state index contributed by atoms with van der Waals surface area (Å²) in [4.78, 5) is 4.25. The summed E-state index contributed by atoms with van der Waals surface area (Å²) in [5.74, 6) is 0.679. The molecule has 7 heteroatoms. The van der Waals surface area contributed by atoms with Gasteiger partial charge in [-0.2, -0.15) is 0 Å². The van der Waals surface area contributed by atoms with Crippen molar-refractivity contribution in [1.82, 2.24) is 14.3 Å². The Morgan fingerprint density at radius 2 is 2.03 bits per heavy atom. The van der Waals surface area contributed by atoms with Crippen molar-refractivity contribution in [2.45, 2.75) is 26.2 Å². The number of benzene rings is 2. The van der Waals surface area contributed by atoms with Crippen LogP contribution in [0.2, 0.25) is 0 Å². The minimum absolute atomic E-state index is 0.000802. The monoisotopic (exact) mass is 423 g/mol. The number of methoxy groups -OCH3 is 1. The summed E-state index contributed by atoms with van der Waals surface area (Å²) in [7, 11) is -1.87. The van der Waals surface area contributed by atoms with Crippen LogP contribution in [-0.4, -0.2) is 30.8 Å². The Bertz CT molecular complexity index is 1200. The predicted molar refractivity (Wildman–Crippen MR) is 118 cm³/mol. The molecule has 1 N–H and O–H groups in total. The maximum Gasteiger partial charge on any atom is 0.233 e. The van der Waals surface area contributed by atoms with Gasteiger partial charge in [0.15, 0.2) is 0 Å². The second-order valence-corrected chi connectivity index (χ2v) is 9.25. The summed E-state index contributed by atoms with van der Waals surface area (Å²) in [6, 6.07) is 13.7. The number of hydrogen-bond acceptors (Lipinski definition) is 4. The third kappa shape index (κ3) is 4.41. The lowest BCUT2D eigenvalue weighted by Crippen LogP contribution is -2.27. The van der Waals surface area contributed by atoms with Crippen LogP contribution < -0.4 is 9.46 Å². The van der Waals surface area contributed by atoms with Crippen LogP contribution in [0.1, 0.15) is 28.8 Å². The van der Waals surface area contributed by atoms with Gasteiger partial charge in [0.1, 0.15) is 5.75 Å². The second-order valence-electron chi connectivity index (χ2n) is 7.41. The lowest BCUT2D eigenvalue weighted by molar-refractivity contribution is 0.412. The fraction of sp³-hybridized carbons (Fsp3) is 0.261. The van der Waals surface area contributed by atoms with Crippen molar-refractivity contribution in [3.8, 4) is 11.4 Å². The highest BCUT2D eigenvalue weighted by Gasteiger charge is 2.18. The summed E-state index contributed by atoms with van der Waals surface area (Å²) >= 11 is 0. The highest BCUT2D eigenvalue weighted by molar-refractivity contribution is 7.89. The molecule has 0 radical (unpaired) electrons. The summed E-state index contributed by atoms with van der Waals surface area (Å²) in [5, 5.41) is 0. The van der Waals surface area contributed by atoms with Crippen LogP contribution in [0.3, 0.4) is 0 Å². The smallest absolute Gasteiger partial charge is 0.233 e. The molecule has 0 fully saturated rings. The Kier molecular flexibility index (Phi) is 5.63. The van der Waals surface area contributed by atoms with Crippen LogP contribution in [0.15, 0.2) is 61.1 Å². The molecule has 0 atom stereocenters. The highest BCUT2D eigenvalue weighted by Crippen LogP contribution is 2.26. The fourth-order valence-electron chi connectivity index (χ4n) is 3.69. The average molecular weight is 424 g/mol. The zero-order valence-corrected chi connectivity index (χ0v) is 17.9. The van der Waals surface area contributed by atoms with E-state index >= 15 is 0 Å². The van der Waals surface area contributed by atoms with E-state index in [9.17, 15) is 8.42 Å². The minimum atomic E-state index is -3.47. The van der Waals surface area contributed by atoms with E-state index in [1.807, 2.05) is 66.2 Å². The van der Waals surface area contributed by atoms with Crippen LogP contribution in [0, 0.1) is 6.92 Å². The van der Waals surface area contributed by atoms with Crippen molar-refractivity contribution in [3.63, 3.8) is 0 Å². The van der Waals surface area contributed by atoms with E-state index in [4.69, 9.17) is 4.74 Å². The molecule has 1 aliphatic rings. The van der Waals surface area contributed by atoms with E-state index in [0.717, 1.165) is 35.3 Å². The zero-order chi connectivity index (χ0) is 21.1. The molecule has 2 aromatic carbocycles. The molecule has 1 heterocycles. The van der Waals surface area contributed by atoms with Gasteiger partial charge in [0.2, 0.25) is 10.0 Å². The fourth-order valence-corrected chi connectivity index (χ4v) is 4.83. The maximum absolute atomic E-state index is 12.7. The Labute approximate surface area is 177 Å². The van der Waals surface area contributed by atoms with Crippen LogP contribution in [0.5, 0.6) is 5.75 Å². The quantitative estimate of drug-likeness (QED) is 0.630. The van der Waals surface area contributed by atoms with E-state index in [1.165, 1.54) is 5.56 Å². The lowest BCUT2D eigenvalue weighted by Gasteiger charge is -2.19. The molecule has 1 aliphatic carbocycles. The van der Waals surface area contributed by atoms with E-state index in [-0.39, 0.29) is 5.75 Å². The molecular weight excluding hydrogens is 398 g/mol. The van der Waals surface area contributed by atoms with Crippen LogP contribution in [0.25, 0.3) is 11.4 Å². The van der Waals surface area contributed by atoms with Crippen molar-refractivity contribution in [2.75, 3.05) is 12.9 Å². The van der Waals surface area contributed by atoms with E-state index in [1.54, 1.807) is 13.4 Å². The summed E-state index contributed by atoms with van der Waals surface area (Å²) < 4.78 is 35.7. The number of allylic oxidation sites excluding steroid dienone is 1. The third-order valence-corrected chi connectivity index (χ3v) is 6.50. The average Bonchev–Trinajstić information content (AvgIpc) is 3.18. The molecule has 30 heavy (non-hydrogen) atoms. The van der Waals surface area contributed by atoms with Gasteiger partial charge in [-0.3, -0.25) is 4.72 Å². The van der Waals surface area contributed by atoms with Gasteiger partial charge in [0.25, 0.3) is 0 Å².